The van der Waals surface area contributed by atoms with Crippen molar-refractivity contribution in [1.82, 2.24) is 4.98 Å². The van der Waals surface area contributed by atoms with Gasteiger partial charge in [0.1, 0.15) is 5.01 Å². The lowest BCUT2D eigenvalue weighted by atomic mass is 9.78. The molecule has 104 valence electrons. The lowest BCUT2D eigenvalue weighted by Crippen LogP contribution is -2.17. The van der Waals surface area contributed by atoms with Gasteiger partial charge in [0.25, 0.3) is 0 Å². The van der Waals surface area contributed by atoms with E-state index >= 15 is 0 Å². The zero-order valence-electron chi connectivity index (χ0n) is 11.6. The molecule has 1 unspecified atom stereocenters. The number of aromatic nitrogens is 1. The molecule has 0 radical (unpaired) electrons. The molecule has 0 saturated heterocycles. The summed E-state index contributed by atoms with van der Waals surface area (Å²) in [5, 5.41) is 1.25. The first-order chi connectivity index (χ1) is 10.2. The molecule has 1 nitrogen and oxygen atoms in total. The van der Waals surface area contributed by atoms with E-state index in [1.165, 1.54) is 26.6 Å². The quantitative estimate of drug-likeness (QED) is 0.585. The van der Waals surface area contributed by atoms with Crippen molar-refractivity contribution in [2.75, 3.05) is 0 Å². The normalized spacial score (nSPS) is 16.4. The lowest BCUT2D eigenvalue weighted by Gasteiger charge is -2.28. The third-order valence-corrected chi connectivity index (χ3v) is 5.64. The Kier molecular flexibility index (Phi) is 3.20. The highest BCUT2D eigenvalue weighted by Gasteiger charge is 2.30. The van der Waals surface area contributed by atoms with Crippen molar-refractivity contribution in [2.24, 2.45) is 0 Å². The molecule has 0 saturated carbocycles. The SMILES string of the molecule is Cc1sc(C2Cc3ccccc32)nc1-c1cccc(Br)c1. The summed E-state index contributed by atoms with van der Waals surface area (Å²) in [4.78, 5) is 6.24. The Labute approximate surface area is 136 Å². The van der Waals surface area contributed by atoms with Crippen LogP contribution in [0.2, 0.25) is 0 Å². The highest BCUT2D eigenvalue weighted by molar-refractivity contribution is 9.10. The molecular weight excluding hydrogens is 342 g/mol. The molecule has 2 aromatic carbocycles. The maximum Gasteiger partial charge on any atom is 0.101 e. The fourth-order valence-corrected chi connectivity index (χ4v) is 4.41. The average Bonchev–Trinajstić information content (AvgIpc) is 2.82. The number of hydrogen-bond donors (Lipinski definition) is 0. The fraction of sp³-hybridized carbons (Fsp3) is 0.167. The molecule has 0 N–H and O–H groups in total. The molecule has 0 amide bonds. The van der Waals surface area contributed by atoms with Gasteiger partial charge >= 0.3 is 0 Å². The first kappa shape index (κ1) is 13.2. The molecule has 21 heavy (non-hydrogen) atoms. The van der Waals surface area contributed by atoms with Gasteiger partial charge in [0, 0.05) is 20.8 Å². The van der Waals surface area contributed by atoms with Crippen LogP contribution in [0.15, 0.2) is 53.0 Å². The first-order valence-corrected chi connectivity index (χ1v) is 8.64. The van der Waals surface area contributed by atoms with E-state index in [-0.39, 0.29) is 0 Å². The maximum atomic E-state index is 4.94. The minimum Gasteiger partial charge on any atom is -0.240 e. The minimum atomic E-state index is 0.491. The Hall–Kier alpha value is -1.45. The summed E-state index contributed by atoms with van der Waals surface area (Å²) in [6.45, 7) is 2.17. The summed E-state index contributed by atoms with van der Waals surface area (Å²) in [6, 6.07) is 17.1. The standard InChI is InChI=1S/C18H14BrNS/c1-11-17(13-6-4-7-14(19)9-13)20-18(21-11)16-10-12-5-2-3-8-15(12)16/h2-9,16H,10H2,1H3. The summed E-state index contributed by atoms with van der Waals surface area (Å²) in [5.74, 6) is 0.491. The van der Waals surface area contributed by atoms with Gasteiger partial charge in [-0.15, -0.1) is 11.3 Å². The van der Waals surface area contributed by atoms with Crippen LogP contribution < -0.4 is 0 Å². The Morgan fingerprint density at radius 3 is 2.81 bits per heavy atom. The van der Waals surface area contributed by atoms with Crippen LogP contribution in [0.25, 0.3) is 11.3 Å². The van der Waals surface area contributed by atoms with Crippen LogP contribution in [0.1, 0.15) is 26.9 Å². The smallest absolute Gasteiger partial charge is 0.101 e. The largest absolute Gasteiger partial charge is 0.240 e. The van der Waals surface area contributed by atoms with E-state index in [0.717, 1.165) is 16.6 Å². The van der Waals surface area contributed by atoms with Gasteiger partial charge in [-0.05, 0) is 36.6 Å². The predicted octanol–water partition coefficient (Wildman–Crippen LogP) is 5.57. The third kappa shape index (κ3) is 2.25. The van der Waals surface area contributed by atoms with Crippen LogP contribution in [-0.4, -0.2) is 4.98 Å². The number of nitrogens with zero attached hydrogens (tertiary/aromatic N) is 1. The number of halogens is 1. The highest BCUT2D eigenvalue weighted by Crippen LogP contribution is 2.43. The van der Waals surface area contributed by atoms with E-state index in [1.54, 1.807) is 0 Å². The zero-order chi connectivity index (χ0) is 14.4. The molecule has 0 fully saturated rings. The van der Waals surface area contributed by atoms with E-state index in [9.17, 15) is 0 Å². The van der Waals surface area contributed by atoms with Crippen LogP contribution in [0.4, 0.5) is 0 Å². The van der Waals surface area contributed by atoms with Gasteiger partial charge in [-0.1, -0.05) is 52.3 Å². The van der Waals surface area contributed by atoms with Gasteiger partial charge in [0.2, 0.25) is 0 Å². The predicted molar refractivity (Wildman–Crippen MR) is 92.0 cm³/mol. The van der Waals surface area contributed by atoms with E-state index in [0.29, 0.717) is 5.92 Å². The van der Waals surface area contributed by atoms with Crippen molar-refractivity contribution in [1.29, 1.82) is 0 Å². The Morgan fingerprint density at radius 2 is 2.00 bits per heavy atom. The van der Waals surface area contributed by atoms with Crippen molar-refractivity contribution in [3.05, 3.63) is 74.0 Å². The molecule has 3 aromatic rings. The van der Waals surface area contributed by atoms with Gasteiger partial charge in [0.15, 0.2) is 0 Å². The molecular formula is C18H14BrNS. The van der Waals surface area contributed by atoms with E-state index in [1.807, 2.05) is 17.4 Å². The summed E-state index contributed by atoms with van der Waals surface area (Å²) in [7, 11) is 0. The number of fused-ring (bicyclic) bond motifs is 1. The van der Waals surface area contributed by atoms with Crippen molar-refractivity contribution in [2.45, 2.75) is 19.3 Å². The lowest BCUT2D eigenvalue weighted by molar-refractivity contribution is 0.703. The first-order valence-electron chi connectivity index (χ1n) is 7.03. The second-order valence-corrected chi connectivity index (χ2v) is 7.57. The Morgan fingerprint density at radius 1 is 1.14 bits per heavy atom. The molecule has 1 aliphatic rings. The van der Waals surface area contributed by atoms with Crippen molar-refractivity contribution >= 4 is 27.3 Å². The summed E-state index contributed by atoms with van der Waals surface area (Å²) in [6.07, 6.45) is 1.13. The van der Waals surface area contributed by atoms with Gasteiger partial charge in [-0.25, -0.2) is 4.98 Å². The van der Waals surface area contributed by atoms with Gasteiger partial charge < -0.3 is 0 Å². The minimum absolute atomic E-state index is 0.491. The van der Waals surface area contributed by atoms with Crippen LogP contribution in [-0.2, 0) is 6.42 Å². The molecule has 1 aromatic heterocycles. The van der Waals surface area contributed by atoms with E-state index in [4.69, 9.17) is 4.98 Å². The number of benzene rings is 2. The summed E-state index contributed by atoms with van der Waals surface area (Å²) in [5.41, 5.74) is 5.24. The summed E-state index contributed by atoms with van der Waals surface area (Å²) < 4.78 is 1.10. The Balaban J connectivity index is 1.73. The van der Waals surface area contributed by atoms with Gasteiger partial charge in [-0.3, -0.25) is 0 Å². The number of rotatable bonds is 2. The fourth-order valence-electron chi connectivity index (χ4n) is 2.95. The van der Waals surface area contributed by atoms with Crippen LogP contribution >= 0.6 is 27.3 Å². The molecule has 1 heterocycles. The highest BCUT2D eigenvalue weighted by atomic mass is 79.9. The monoisotopic (exact) mass is 355 g/mol. The molecule has 0 spiro atoms. The number of thiazole rings is 1. The molecule has 4 rings (SSSR count). The van der Waals surface area contributed by atoms with Crippen molar-refractivity contribution < 1.29 is 0 Å². The Bertz CT molecular complexity index is 822. The van der Waals surface area contributed by atoms with Gasteiger partial charge in [0.05, 0.1) is 5.69 Å². The average molecular weight is 356 g/mol. The van der Waals surface area contributed by atoms with E-state index < -0.39 is 0 Å². The maximum absolute atomic E-state index is 4.94. The molecule has 1 aliphatic carbocycles. The summed E-state index contributed by atoms with van der Waals surface area (Å²) >= 11 is 5.38. The van der Waals surface area contributed by atoms with Crippen LogP contribution in [0, 0.1) is 6.92 Å². The van der Waals surface area contributed by atoms with Gasteiger partial charge in [-0.2, -0.15) is 0 Å². The van der Waals surface area contributed by atoms with Crippen molar-refractivity contribution in [3.63, 3.8) is 0 Å². The molecule has 0 bridgehead atoms. The molecule has 1 atom stereocenters. The van der Waals surface area contributed by atoms with E-state index in [2.05, 4.69) is 65.3 Å². The second kappa shape index (κ2) is 5.08. The molecule has 0 aliphatic heterocycles. The van der Waals surface area contributed by atoms with Crippen molar-refractivity contribution in [3.8, 4) is 11.3 Å². The van der Waals surface area contributed by atoms with Crippen LogP contribution in [0.5, 0.6) is 0 Å². The molecule has 3 heteroatoms. The topological polar surface area (TPSA) is 12.9 Å². The van der Waals surface area contributed by atoms with Crippen LogP contribution in [0.3, 0.4) is 0 Å². The number of aryl methyl sites for hydroxylation is 1. The third-order valence-electron chi connectivity index (χ3n) is 4.06. The second-order valence-electron chi connectivity index (χ2n) is 5.42. The number of hydrogen-bond acceptors (Lipinski definition) is 2. The zero-order valence-corrected chi connectivity index (χ0v) is 14.0.